The maximum atomic E-state index is 11.4. The number of non-ortho nitro benzene ring substituents is 1. The zero-order valence-electron chi connectivity index (χ0n) is 11.6. The molecule has 1 saturated heterocycles. The second kappa shape index (κ2) is 5.11. The molecular formula is C14H18N2O4. The van der Waals surface area contributed by atoms with E-state index < -0.39 is 16.3 Å². The van der Waals surface area contributed by atoms with Gasteiger partial charge in [-0.25, -0.2) is 0 Å². The van der Waals surface area contributed by atoms with E-state index in [9.17, 15) is 20.0 Å². The summed E-state index contributed by atoms with van der Waals surface area (Å²) in [6, 6.07) is 4.71. The maximum Gasteiger partial charge on any atom is 0.311 e. The molecule has 6 nitrogen and oxygen atoms in total. The van der Waals surface area contributed by atoms with Crippen molar-refractivity contribution in [3.63, 3.8) is 0 Å². The number of anilines is 1. The summed E-state index contributed by atoms with van der Waals surface area (Å²) >= 11 is 0. The molecule has 1 aromatic carbocycles. The van der Waals surface area contributed by atoms with Crippen LogP contribution in [0.15, 0.2) is 18.2 Å². The SMILES string of the molecule is CCC1(C(=O)O)CCN(c2ccc([N+](=O)[O-])cc2C)C1. The van der Waals surface area contributed by atoms with E-state index in [2.05, 4.69) is 0 Å². The number of carboxylic acid groups (broad SMARTS) is 1. The molecule has 0 radical (unpaired) electrons. The number of aryl methyl sites for hydroxylation is 1. The van der Waals surface area contributed by atoms with E-state index in [1.54, 1.807) is 6.07 Å². The van der Waals surface area contributed by atoms with Crippen molar-refractivity contribution in [2.24, 2.45) is 5.41 Å². The van der Waals surface area contributed by atoms with Crippen LogP contribution >= 0.6 is 0 Å². The molecule has 6 heteroatoms. The molecule has 1 N–H and O–H groups in total. The molecular weight excluding hydrogens is 260 g/mol. The summed E-state index contributed by atoms with van der Waals surface area (Å²) in [6.45, 7) is 4.83. The Bertz CT molecular complexity index is 558. The molecule has 1 fully saturated rings. The fourth-order valence-corrected chi connectivity index (χ4v) is 2.80. The van der Waals surface area contributed by atoms with E-state index in [0.717, 1.165) is 11.3 Å². The van der Waals surface area contributed by atoms with Gasteiger partial charge in [-0.2, -0.15) is 0 Å². The summed E-state index contributed by atoms with van der Waals surface area (Å²) in [5.41, 5.74) is 1.04. The van der Waals surface area contributed by atoms with Crippen LogP contribution in [0.25, 0.3) is 0 Å². The molecule has 0 aliphatic carbocycles. The van der Waals surface area contributed by atoms with Gasteiger partial charge in [-0.1, -0.05) is 6.92 Å². The van der Waals surface area contributed by atoms with Crippen molar-refractivity contribution in [2.75, 3.05) is 18.0 Å². The summed E-state index contributed by atoms with van der Waals surface area (Å²) in [5, 5.41) is 20.1. The molecule has 2 rings (SSSR count). The molecule has 1 aromatic rings. The number of nitro benzene ring substituents is 1. The highest BCUT2D eigenvalue weighted by Gasteiger charge is 2.43. The van der Waals surface area contributed by atoms with Crippen molar-refractivity contribution < 1.29 is 14.8 Å². The first kappa shape index (κ1) is 14.3. The second-order valence-corrected chi connectivity index (χ2v) is 5.34. The van der Waals surface area contributed by atoms with Gasteiger partial charge in [0.25, 0.3) is 5.69 Å². The van der Waals surface area contributed by atoms with Gasteiger partial charge in [-0.05, 0) is 31.4 Å². The highest BCUT2D eigenvalue weighted by molar-refractivity contribution is 5.77. The smallest absolute Gasteiger partial charge is 0.311 e. The molecule has 0 amide bonds. The zero-order valence-corrected chi connectivity index (χ0v) is 11.6. The summed E-state index contributed by atoms with van der Waals surface area (Å²) < 4.78 is 0. The van der Waals surface area contributed by atoms with Gasteiger partial charge in [0.1, 0.15) is 0 Å². The Morgan fingerprint density at radius 3 is 2.70 bits per heavy atom. The highest BCUT2D eigenvalue weighted by Crippen LogP contribution is 2.38. The quantitative estimate of drug-likeness (QED) is 0.676. The lowest BCUT2D eigenvalue weighted by Crippen LogP contribution is -2.34. The van der Waals surface area contributed by atoms with Crippen LogP contribution in [0.5, 0.6) is 0 Å². The van der Waals surface area contributed by atoms with Crippen LogP contribution < -0.4 is 4.90 Å². The van der Waals surface area contributed by atoms with Crippen LogP contribution in [0.2, 0.25) is 0 Å². The lowest BCUT2D eigenvalue weighted by molar-refractivity contribution is -0.384. The second-order valence-electron chi connectivity index (χ2n) is 5.34. The number of hydrogen-bond donors (Lipinski definition) is 1. The fourth-order valence-electron chi connectivity index (χ4n) is 2.80. The number of benzene rings is 1. The van der Waals surface area contributed by atoms with Crippen molar-refractivity contribution in [1.29, 1.82) is 0 Å². The average molecular weight is 278 g/mol. The Balaban J connectivity index is 2.26. The van der Waals surface area contributed by atoms with E-state index in [-0.39, 0.29) is 5.69 Å². The van der Waals surface area contributed by atoms with Crippen molar-refractivity contribution in [2.45, 2.75) is 26.7 Å². The molecule has 1 aliphatic heterocycles. The third kappa shape index (κ3) is 2.33. The van der Waals surface area contributed by atoms with Gasteiger partial charge in [0.05, 0.1) is 10.3 Å². The summed E-state index contributed by atoms with van der Waals surface area (Å²) in [5.74, 6) is -0.762. The third-order valence-electron chi connectivity index (χ3n) is 4.22. The third-order valence-corrected chi connectivity index (χ3v) is 4.22. The summed E-state index contributed by atoms with van der Waals surface area (Å²) in [7, 11) is 0. The molecule has 20 heavy (non-hydrogen) atoms. The van der Waals surface area contributed by atoms with Crippen LogP contribution in [0.4, 0.5) is 11.4 Å². The number of nitro groups is 1. The molecule has 1 heterocycles. The molecule has 1 unspecified atom stereocenters. The van der Waals surface area contributed by atoms with Gasteiger partial charge in [-0.3, -0.25) is 14.9 Å². The van der Waals surface area contributed by atoms with Crippen molar-refractivity contribution in [3.8, 4) is 0 Å². The molecule has 0 aromatic heterocycles. The van der Waals surface area contributed by atoms with Gasteiger partial charge in [0.2, 0.25) is 0 Å². The van der Waals surface area contributed by atoms with Crippen molar-refractivity contribution in [3.05, 3.63) is 33.9 Å². The normalized spacial score (nSPS) is 22.0. The standard InChI is InChI=1S/C14H18N2O4/c1-3-14(13(17)18)6-7-15(9-14)12-5-4-11(16(19)20)8-10(12)2/h4-5,8H,3,6-7,9H2,1-2H3,(H,17,18). The van der Waals surface area contributed by atoms with Crippen LogP contribution in [-0.2, 0) is 4.79 Å². The number of carbonyl (C=O) groups is 1. The molecule has 0 saturated carbocycles. The Labute approximate surface area is 117 Å². The van der Waals surface area contributed by atoms with Gasteiger partial charge in [-0.15, -0.1) is 0 Å². The lowest BCUT2D eigenvalue weighted by atomic mass is 9.84. The molecule has 0 bridgehead atoms. The van der Waals surface area contributed by atoms with Gasteiger partial charge >= 0.3 is 5.97 Å². The van der Waals surface area contributed by atoms with Gasteiger partial charge in [0, 0.05) is 30.9 Å². The van der Waals surface area contributed by atoms with Crippen LogP contribution in [0.3, 0.4) is 0 Å². The first-order valence-electron chi connectivity index (χ1n) is 6.63. The van der Waals surface area contributed by atoms with E-state index in [4.69, 9.17) is 0 Å². The number of aliphatic carboxylic acids is 1. The summed E-state index contributed by atoms with van der Waals surface area (Å²) in [6.07, 6.45) is 1.19. The topological polar surface area (TPSA) is 83.7 Å². The average Bonchev–Trinajstić information content (AvgIpc) is 2.84. The minimum Gasteiger partial charge on any atom is -0.481 e. The van der Waals surface area contributed by atoms with Crippen molar-refractivity contribution >= 4 is 17.3 Å². The first-order valence-corrected chi connectivity index (χ1v) is 6.63. The lowest BCUT2D eigenvalue weighted by Gasteiger charge is -2.25. The van der Waals surface area contributed by atoms with Crippen LogP contribution in [-0.4, -0.2) is 29.1 Å². The fraction of sp³-hybridized carbons (Fsp3) is 0.500. The molecule has 0 spiro atoms. The first-order chi connectivity index (χ1) is 9.39. The minimum absolute atomic E-state index is 0.0606. The van der Waals surface area contributed by atoms with Crippen LogP contribution in [0, 0.1) is 22.5 Å². The maximum absolute atomic E-state index is 11.4. The highest BCUT2D eigenvalue weighted by atomic mass is 16.6. The van der Waals surface area contributed by atoms with Gasteiger partial charge in [0.15, 0.2) is 0 Å². The van der Waals surface area contributed by atoms with Gasteiger partial charge < -0.3 is 10.0 Å². The Kier molecular flexibility index (Phi) is 3.65. The largest absolute Gasteiger partial charge is 0.481 e. The van der Waals surface area contributed by atoms with Crippen LogP contribution in [0.1, 0.15) is 25.3 Å². The van der Waals surface area contributed by atoms with E-state index >= 15 is 0 Å². The molecule has 1 aliphatic rings. The Hall–Kier alpha value is -2.11. The Morgan fingerprint density at radius 1 is 1.55 bits per heavy atom. The van der Waals surface area contributed by atoms with Crippen molar-refractivity contribution in [1.82, 2.24) is 0 Å². The van der Waals surface area contributed by atoms with E-state index in [0.29, 0.717) is 25.9 Å². The predicted octanol–water partition coefficient (Wildman–Crippen LogP) is 2.59. The van der Waals surface area contributed by atoms with E-state index in [1.165, 1.54) is 12.1 Å². The zero-order chi connectivity index (χ0) is 14.9. The number of nitrogens with zero attached hydrogens (tertiary/aromatic N) is 2. The number of rotatable bonds is 4. The predicted molar refractivity (Wildman–Crippen MR) is 75.0 cm³/mol. The molecule has 108 valence electrons. The number of hydrogen-bond acceptors (Lipinski definition) is 4. The Morgan fingerprint density at radius 2 is 2.25 bits per heavy atom. The summed E-state index contributed by atoms with van der Waals surface area (Å²) in [4.78, 5) is 23.8. The monoisotopic (exact) mass is 278 g/mol. The number of carboxylic acids is 1. The van der Waals surface area contributed by atoms with E-state index in [1.807, 2.05) is 18.7 Å². The minimum atomic E-state index is -0.762. The molecule has 1 atom stereocenters.